The van der Waals surface area contributed by atoms with E-state index >= 15 is 0 Å². The Hall–Kier alpha value is -2.57. The van der Waals surface area contributed by atoms with Crippen LogP contribution < -0.4 is 5.32 Å². The molecule has 3 heterocycles. The Morgan fingerprint density at radius 1 is 1.23 bits per heavy atom. The van der Waals surface area contributed by atoms with Crippen LogP contribution in [0.2, 0.25) is 0 Å². The van der Waals surface area contributed by atoms with Crippen LogP contribution >= 0.6 is 0 Å². The van der Waals surface area contributed by atoms with E-state index in [4.69, 9.17) is 14.1 Å². The molecule has 0 radical (unpaired) electrons. The van der Waals surface area contributed by atoms with Gasteiger partial charge in [-0.15, -0.1) is 0 Å². The number of fused-ring (bicyclic) bond motifs is 1. The molecule has 1 aliphatic carbocycles. The SMILES string of the molecule is COCc1ccc(CNC2CCCc3nc(-c4cccnc4)ncc32)o1. The Kier molecular flexibility index (Phi) is 5.04. The Morgan fingerprint density at radius 3 is 3.00 bits per heavy atom. The summed E-state index contributed by atoms with van der Waals surface area (Å²) in [6.45, 7) is 1.18. The number of pyridine rings is 1. The number of aromatic nitrogens is 3. The molecule has 0 fully saturated rings. The molecule has 1 N–H and O–H groups in total. The lowest BCUT2D eigenvalue weighted by molar-refractivity contribution is 0.162. The van der Waals surface area contributed by atoms with Gasteiger partial charge in [-0.3, -0.25) is 4.98 Å². The van der Waals surface area contributed by atoms with Crippen molar-refractivity contribution < 1.29 is 9.15 Å². The van der Waals surface area contributed by atoms with Crippen LogP contribution in [0.5, 0.6) is 0 Å². The minimum absolute atomic E-state index is 0.248. The van der Waals surface area contributed by atoms with Crippen molar-refractivity contribution in [3.63, 3.8) is 0 Å². The van der Waals surface area contributed by atoms with Crippen LogP contribution in [0.3, 0.4) is 0 Å². The second kappa shape index (κ2) is 7.76. The molecular formula is C20H22N4O2. The van der Waals surface area contributed by atoms with Crippen molar-refractivity contribution in [2.45, 2.75) is 38.5 Å². The molecule has 0 spiro atoms. The third kappa shape index (κ3) is 3.66. The molecule has 26 heavy (non-hydrogen) atoms. The van der Waals surface area contributed by atoms with Gasteiger partial charge in [0.25, 0.3) is 0 Å². The average Bonchev–Trinajstić information content (AvgIpc) is 3.14. The average molecular weight is 350 g/mol. The van der Waals surface area contributed by atoms with E-state index in [1.165, 1.54) is 5.56 Å². The third-order valence-electron chi connectivity index (χ3n) is 4.63. The zero-order valence-corrected chi connectivity index (χ0v) is 14.8. The molecule has 6 heteroatoms. The summed E-state index contributed by atoms with van der Waals surface area (Å²) in [6, 6.07) is 8.09. The molecule has 1 aliphatic rings. The van der Waals surface area contributed by atoms with Gasteiger partial charge in [-0.05, 0) is 43.5 Å². The van der Waals surface area contributed by atoms with Crippen molar-refractivity contribution >= 4 is 0 Å². The molecule has 3 aromatic rings. The first-order chi connectivity index (χ1) is 12.8. The number of nitrogens with zero attached hydrogens (tertiary/aromatic N) is 3. The highest BCUT2D eigenvalue weighted by Crippen LogP contribution is 2.29. The van der Waals surface area contributed by atoms with Gasteiger partial charge in [0.05, 0.1) is 6.54 Å². The smallest absolute Gasteiger partial charge is 0.160 e. The largest absolute Gasteiger partial charge is 0.462 e. The van der Waals surface area contributed by atoms with Crippen LogP contribution in [0.15, 0.2) is 47.3 Å². The van der Waals surface area contributed by atoms with E-state index in [-0.39, 0.29) is 6.04 Å². The number of ether oxygens (including phenoxy) is 1. The molecule has 0 saturated heterocycles. The van der Waals surface area contributed by atoms with Crippen LogP contribution in [0.4, 0.5) is 0 Å². The molecule has 6 nitrogen and oxygen atoms in total. The predicted molar refractivity (Wildman–Crippen MR) is 97.2 cm³/mol. The van der Waals surface area contributed by atoms with Crippen LogP contribution in [0.1, 0.15) is 41.7 Å². The number of rotatable bonds is 6. The molecule has 0 amide bonds. The standard InChI is InChI=1S/C20H22N4O2/c1-25-13-16-8-7-15(26-16)11-22-18-5-2-6-19-17(18)12-23-20(24-19)14-4-3-9-21-10-14/h3-4,7-10,12,18,22H,2,5-6,11,13H2,1H3. The van der Waals surface area contributed by atoms with E-state index in [9.17, 15) is 0 Å². The van der Waals surface area contributed by atoms with Gasteiger partial charge in [-0.2, -0.15) is 0 Å². The summed E-state index contributed by atoms with van der Waals surface area (Å²) in [5, 5.41) is 3.58. The van der Waals surface area contributed by atoms with E-state index in [1.54, 1.807) is 19.5 Å². The summed E-state index contributed by atoms with van der Waals surface area (Å²) in [4.78, 5) is 13.5. The number of nitrogens with one attached hydrogen (secondary N) is 1. The number of methoxy groups -OCH3 is 1. The van der Waals surface area contributed by atoms with Gasteiger partial charge in [0.2, 0.25) is 0 Å². The van der Waals surface area contributed by atoms with Gasteiger partial charge < -0.3 is 14.5 Å². The molecule has 0 saturated carbocycles. The zero-order chi connectivity index (χ0) is 17.8. The number of aryl methyl sites for hydroxylation is 1. The van der Waals surface area contributed by atoms with Gasteiger partial charge >= 0.3 is 0 Å². The first-order valence-corrected chi connectivity index (χ1v) is 8.89. The van der Waals surface area contributed by atoms with Crippen LogP contribution in [-0.4, -0.2) is 22.1 Å². The normalized spacial score (nSPS) is 16.4. The predicted octanol–water partition coefficient (Wildman–Crippen LogP) is 3.45. The third-order valence-corrected chi connectivity index (χ3v) is 4.63. The Morgan fingerprint density at radius 2 is 2.15 bits per heavy atom. The number of furan rings is 1. The Labute approximate surface area is 152 Å². The molecule has 0 bridgehead atoms. The van der Waals surface area contributed by atoms with Gasteiger partial charge in [-0.25, -0.2) is 9.97 Å². The fourth-order valence-corrected chi connectivity index (χ4v) is 3.35. The summed E-state index contributed by atoms with van der Waals surface area (Å²) < 4.78 is 10.8. The highest BCUT2D eigenvalue weighted by atomic mass is 16.5. The highest BCUT2D eigenvalue weighted by molar-refractivity contribution is 5.53. The molecular weight excluding hydrogens is 328 g/mol. The maximum atomic E-state index is 5.75. The zero-order valence-electron chi connectivity index (χ0n) is 14.8. The lowest BCUT2D eigenvalue weighted by Gasteiger charge is -2.25. The van der Waals surface area contributed by atoms with Crippen molar-refractivity contribution in [3.05, 3.63) is 65.6 Å². The van der Waals surface area contributed by atoms with E-state index in [0.29, 0.717) is 13.2 Å². The quantitative estimate of drug-likeness (QED) is 0.734. The minimum Gasteiger partial charge on any atom is -0.462 e. The molecule has 134 valence electrons. The molecule has 3 aromatic heterocycles. The maximum absolute atomic E-state index is 5.75. The van der Waals surface area contributed by atoms with Gasteiger partial charge in [-0.1, -0.05) is 0 Å². The second-order valence-corrected chi connectivity index (χ2v) is 6.46. The Balaban J connectivity index is 1.48. The summed E-state index contributed by atoms with van der Waals surface area (Å²) in [6.07, 6.45) is 8.70. The van der Waals surface area contributed by atoms with E-state index < -0.39 is 0 Å². The van der Waals surface area contributed by atoms with Crippen LogP contribution in [-0.2, 0) is 24.3 Å². The van der Waals surface area contributed by atoms with Crippen molar-refractivity contribution in [1.82, 2.24) is 20.3 Å². The van der Waals surface area contributed by atoms with Crippen molar-refractivity contribution in [2.24, 2.45) is 0 Å². The molecule has 0 aromatic carbocycles. The monoisotopic (exact) mass is 350 g/mol. The first kappa shape index (κ1) is 16.9. The lowest BCUT2D eigenvalue weighted by atomic mass is 9.92. The van der Waals surface area contributed by atoms with Crippen molar-refractivity contribution in [1.29, 1.82) is 0 Å². The van der Waals surface area contributed by atoms with Gasteiger partial charge in [0.1, 0.15) is 18.1 Å². The first-order valence-electron chi connectivity index (χ1n) is 8.89. The summed E-state index contributed by atoms with van der Waals surface area (Å²) in [5.41, 5.74) is 3.27. The minimum atomic E-state index is 0.248. The Bertz CT molecular complexity index is 863. The second-order valence-electron chi connectivity index (χ2n) is 6.46. The van der Waals surface area contributed by atoms with Crippen molar-refractivity contribution in [2.75, 3.05) is 7.11 Å². The van der Waals surface area contributed by atoms with E-state index in [2.05, 4.69) is 15.3 Å². The van der Waals surface area contributed by atoms with Gasteiger partial charge in [0, 0.05) is 48.6 Å². The number of hydrogen-bond donors (Lipinski definition) is 1. The summed E-state index contributed by atoms with van der Waals surface area (Å²) >= 11 is 0. The number of hydrogen-bond acceptors (Lipinski definition) is 6. The maximum Gasteiger partial charge on any atom is 0.160 e. The van der Waals surface area contributed by atoms with Crippen LogP contribution in [0.25, 0.3) is 11.4 Å². The highest BCUT2D eigenvalue weighted by Gasteiger charge is 2.22. The molecule has 0 aliphatic heterocycles. The lowest BCUT2D eigenvalue weighted by Crippen LogP contribution is -2.25. The topological polar surface area (TPSA) is 73.1 Å². The molecule has 1 atom stereocenters. The van der Waals surface area contributed by atoms with Crippen molar-refractivity contribution in [3.8, 4) is 11.4 Å². The van der Waals surface area contributed by atoms with Gasteiger partial charge in [0.15, 0.2) is 5.82 Å². The summed E-state index contributed by atoms with van der Waals surface area (Å²) in [5.74, 6) is 2.50. The fourth-order valence-electron chi connectivity index (χ4n) is 3.35. The molecule has 4 rings (SSSR count). The van der Waals surface area contributed by atoms with E-state index in [1.807, 2.05) is 30.5 Å². The van der Waals surface area contributed by atoms with E-state index in [0.717, 1.165) is 47.9 Å². The van der Waals surface area contributed by atoms with Crippen LogP contribution in [0, 0.1) is 0 Å². The fraction of sp³-hybridized carbons (Fsp3) is 0.350. The molecule has 1 unspecified atom stereocenters. The summed E-state index contributed by atoms with van der Waals surface area (Å²) in [7, 11) is 1.67.